The maximum Gasteiger partial charge on any atom is 0.263 e. The Kier molecular flexibility index (Phi) is 6.68. The smallest absolute Gasteiger partial charge is 0.263 e. The van der Waals surface area contributed by atoms with E-state index in [0.29, 0.717) is 9.90 Å². The Morgan fingerprint density at radius 3 is 2.73 bits per heavy atom. The molecule has 0 aromatic carbocycles. The van der Waals surface area contributed by atoms with Crippen LogP contribution in [0.3, 0.4) is 0 Å². The van der Waals surface area contributed by atoms with Crippen LogP contribution < -0.4 is 5.32 Å². The van der Waals surface area contributed by atoms with Gasteiger partial charge in [-0.25, -0.2) is 0 Å². The molecule has 1 aromatic heterocycles. The first-order valence-electron chi connectivity index (χ1n) is 7.85. The van der Waals surface area contributed by atoms with Gasteiger partial charge in [-0.05, 0) is 44.6 Å². The number of likely N-dealkylation sites (tertiary alicyclic amines) is 1. The van der Waals surface area contributed by atoms with E-state index in [4.69, 9.17) is 16.3 Å². The van der Waals surface area contributed by atoms with Gasteiger partial charge in [0.05, 0.1) is 17.7 Å². The van der Waals surface area contributed by atoms with Gasteiger partial charge in [0.1, 0.15) is 4.88 Å². The molecule has 2 rings (SSSR count). The first kappa shape index (κ1) is 17.7. The summed E-state index contributed by atoms with van der Waals surface area (Å²) in [7, 11) is 0. The fraction of sp³-hybridized carbons (Fsp3) is 0.688. The molecule has 0 unspecified atom stereocenters. The number of rotatable bonds is 6. The average molecular weight is 345 g/mol. The Balaban J connectivity index is 1.73. The molecule has 0 aliphatic carbocycles. The van der Waals surface area contributed by atoms with Crippen molar-refractivity contribution in [3.05, 3.63) is 20.8 Å². The SMILES string of the molecule is Cc1csc(C(=O)NC2CCN(CCOC(C)C)CC2)c1Cl. The quantitative estimate of drug-likeness (QED) is 0.860. The number of nitrogens with zero attached hydrogens (tertiary/aromatic N) is 1. The van der Waals surface area contributed by atoms with Crippen molar-refractivity contribution in [2.45, 2.75) is 45.8 Å². The first-order valence-corrected chi connectivity index (χ1v) is 9.11. The van der Waals surface area contributed by atoms with Gasteiger partial charge < -0.3 is 15.0 Å². The van der Waals surface area contributed by atoms with Gasteiger partial charge in [0, 0.05) is 25.7 Å². The lowest BCUT2D eigenvalue weighted by molar-refractivity contribution is 0.0521. The minimum absolute atomic E-state index is 0.0373. The van der Waals surface area contributed by atoms with Crippen LogP contribution in [0.1, 0.15) is 41.9 Å². The van der Waals surface area contributed by atoms with Crippen LogP contribution in [-0.4, -0.2) is 49.2 Å². The summed E-state index contributed by atoms with van der Waals surface area (Å²) in [6.07, 6.45) is 2.25. The minimum Gasteiger partial charge on any atom is -0.377 e. The summed E-state index contributed by atoms with van der Waals surface area (Å²) < 4.78 is 5.58. The number of thiophene rings is 1. The molecular formula is C16H25ClN2O2S. The van der Waals surface area contributed by atoms with E-state index in [2.05, 4.69) is 24.1 Å². The van der Waals surface area contributed by atoms with Crippen LogP contribution in [0.15, 0.2) is 5.38 Å². The van der Waals surface area contributed by atoms with Crippen molar-refractivity contribution in [2.24, 2.45) is 0 Å². The molecular weight excluding hydrogens is 320 g/mol. The van der Waals surface area contributed by atoms with Crippen molar-refractivity contribution in [3.63, 3.8) is 0 Å². The normalized spacial score (nSPS) is 17.1. The lowest BCUT2D eigenvalue weighted by atomic mass is 10.0. The number of halogens is 1. The van der Waals surface area contributed by atoms with Crippen LogP contribution >= 0.6 is 22.9 Å². The number of ether oxygens (including phenoxy) is 1. The summed E-state index contributed by atoms with van der Waals surface area (Å²) in [5.41, 5.74) is 0.969. The zero-order valence-corrected chi connectivity index (χ0v) is 15.1. The van der Waals surface area contributed by atoms with Crippen LogP contribution in [0.4, 0.5) is 0 Å². The van der Waals surface area contributed by atoms with E-state index in [9.17, 15) is 4.79 Å². The van der Waals surface area contributed by atoms with E-state index in [1.807, 2.05) is 12.3 Å². The summed E-state index contributed by atoms with van der Waals surface area (Å²) >= 11 is 7.57. The fourth-order valence-corrected chi connectivity index (χ4v) is 3.73. The van der Waals surface area contributed by atoms with Gasteiger partial charge in [-0.3, -0.25) is 4.79 Å². The number of nitrogens with one attached hydrogen (secondary N) is 1. The molecule has 1 saturated heterocycles. The van der Waals surface area contributed by atoms with Crippen molar-refractivity contribution >= 4 is 28.8 Å². The molecule has 0 spiro atoms. The van der Waals surface area contributed by atoms with Crippen LogP contribution in [-0.2, 0) is 4.74 Å². The molecule has 1 fully saturated rings. The van der Waals surface area contributed by atoms with Gasteiger partial charge in [-0.1, -0.05) is 11.6 Å². The zero-order chi connectivity index (χ0) is 16.1. The highest BCUT2D eigenvalue weighted by molar-refractivity contribution is 7.13. The van der Waals surface area contributed by atoms with E-state index in [0.717, 1.165) is 44.6 Å². The largest absolute Gasteiger partial charge is 0.377 e. The molecule has 1 aliphatic heterocycles. The van der Waals surface area contributed by atoms with Crippen LogP contribution in [0, 0.1) is 6.92 Å². The van der Waals surface area contributed by atoms with E-state index >= 15 is 0 Å². The highest BCUT2D eigenvalue weighted by Gasteiger charge is 2.23. The van der Waals surface area contributed by atoms with Gasteiger partial charge in [-0.15, -0.1) is 11.3 Å². The van der Waals surface area contributed by atoms with E-state index in [1.165, 1.54) is 11.3 Å². The van der Waals surface area contributed by atoms with Gasteiger partial charge in [-0.2, -0.15) is 0 Å². The molecule has 0 saturated carbocycles. The monoisotopic (exact) mass is 344 g/mol. The predicted molar refractivity (Wildman–Crippen MR) is 92.1 cm³/mol. The second kappa shape index (κ2) is 8.29. The number of aryl methyl sites for hydroxylation is 1. The molecule has 1 aliphatic rings. The molecule has 0 bridgehead atoms. The summed E-state index contributed by atoms with van der Waals surface area (Å²) in [6, 6.07) is 0.244. The molecule has 4 nitrogen and oxygen atoms in total. The highest BCUT2D eigenvalue weighted by atomic mass is 35.5. The number of carbonyl (C=O) groups is 1. The maximum absolute atomic E-state index is 12.3. The van der Waals surface area contributed by atoms with Crippen molar-refractivity contribution in [1.29, 1.82) is 0 Å². The molecule has 6 heteroatoms. The minimum atomic E-state index is -0.0373. The van der Waals surface area contributed by atoms with Crippen LogP contribution in [0.25, 0.3) is 0 Å². The average Bonchev–Trinajstić information content (AvgIpc) is 2.80. The molecule has 124 valence electrons. The maximum atomic E-state index is 12.3. The predicted octanol–water partition coefficient (Wildman–Crippen LogP) is 3.33. The lowest BCUT2D eigenvalue weighted by Crippen LogP contribution is -2.45. The van der Waals surface area contributed by atoms with Gasteiger partial charge >= 0.3 is 0 Å². The Morgan fingerprint density at radius 2 is 2.18 bits per heavy atom. The van der Waals surface area contributed by atoms with Gasteiger partial charge in [0.15, 0.2) is 0 Å². The second-order valence-corrected chi connectivity index (χ2v) is 7.33. The summed E-state index contributed by atoms with van der Waals surface area (Å²) in [6.45, 7) is 9.78. The van der Waals surface area contributed by atoms with E-state index < -0.39 is 0 Å². The molecule has 1 amide bonds. The standard InChI is InChI=1S/C16H25ClN2O2S/c1-11(2)21-9-8-19-6-4-13(5-7-19)18-16(20)15-14(17)12(3)10-22-15/h10-11,13H,4-9H2,1-3H3,(H,18,20). The summed E-state index contributed by atoms with van der Waals surface area (Å²) in [5, 5.41) is 5.63. The van der Waals surface area contributed by atoms with Gasteiger partial charge in [0.25, 0.3) is 5.91 Å². The Bertz CT molecular complexity index is 496. The molecule has 1 N–H and O–H groups in total. The third-order valence-electron chi connectivity index (χ3n) is 3.89. The third kappa shape index (κ3) is 4.95. The van der Waals surface area contributed by atoms with Crippen molar-refractivity contribution in [2.75, 3.05) is 26.2 Å². The van der Waals surface area contributed by atoms with Crippen LogP contribution in [0.2, 0.25) is 5.02 Å². The number of amides is 1. The highest BCUT2D eigenvalue weighted by Crippen LogP contribution is 2.27. The molecule has 2 heterocycles. The molecule has 0 radical (unpaired) electrons. The third-order valence-corrected chi connectivity index (χ3v) is 5.58. The summed E-state index contributed by atoms with van der Waals surface area (Å²) in [5.74, 6) is -0.0373. The first-order chi connectivity index (χ1) is 10.5. The molecule has 22 heavy (non-hydrogen) atoms. The molecule has 0 atom stereocenters. The summed E-state index contributed by atoms with van der Waals surface area (Å²) in [4.78, 5) is 15.3. The van der Waals surface area contributed by atoms with Crippen molar-refractivity contribution < 1.29 is 9.53 Å². The lowest BCUT2D eigenvalue weighted by Gasteiger charge is -2.32. The van der Waals surface area contributed by atoms with E-state index in [1.54, 1.807) is 0 Å². The van der Waals surface area contributed by atoms with Crippen LogP contribution in [0.5, 0.6) is 0 Å². The second-order valence-electron chi connectivity index (χ2n) is 6.07. The van der Waals surface area contributed by atoms with Crippen molar-refractivity contribution in [1.82, 2.24) is 10.2 Å². The Hall–Kier alpha value is -0.620. The Morgan fingerprint density at radius 1 is 1.50 bits per heavy atom. The number of hydrogen-bond donors (Lipinski definition) is 1. The topological polar surface area (TPSA) is 41.6 Å². The Labute approximate surface area is 141 Å². The fourth-order valence-electron chi connectivity index (χ4n) is 2.55. The number of piperidine rings is 1. The van der Waals surface area contributed by atoms with Gasteiger partial charge in [0.2, 0.25) is 0 Å². The van der Waals surface area contributed by atoms with Crippen molar-refractivity contribution in [3.8, 4) is 0 Å². The number of hydrogen-bond acceptors (Lipinski definition) is 4. The molecule has 1 aromatic rings. The van der Waals surface area contributed by atoms with E-state index in [-0.39, 0.29) is 18.1 Å². The zero-order valence-electron chi connectivity index (χ0n) is 13.5. The number of carbonyl (C=O) groups excluding carboxylic acids is 1.